The molecule has 0 bridgehead atoms. The second-order valence-corrected chi connectivity index (χ2v) is 7.93. The van der Waals surface area contributed by atoms with Crippen molar-refractivity contribution >= 4 is 16.7 Å². The van der Waals surface area contributed by atoms with Gasteiger partial charge in [0.05, 0.1) is 31.1 Å². The first-order chi connectivity index (χ1) is 15.7. The number of halogens is 3. The van der Waals surface area contributed by atoms with Crippen LogP contribution in [0, 0.1) is 5.92 Å². The summed E-state index contributed by atoms with van der Waals surface area (Å²) in [4.78, 5) is 11.7. The van der Waals surface area contributed by atoms with Gasteiger partial charge < -0.3 is 24.9 Å². The highest BCUT2D eigenvalue weighted by Gasteiger charge is 2.30. The molecule has 33 heavy (non-hydrogen) atoms. The van der Waals surface area contributed by atoms with Crippen LogP contribution in [0.5, 0.6) is 5.75 Å². The molecule has 0 spiro atoms. The number of hydrogen-bond donors (Lipinski definition) is 4. The van der Waals surface area contributed by atoms with E-state index in [0.717, 1.165) is 16.5 Å². The molecule has 0 aliphatic rings. The van der Waals surface area contributed by atoms with Gasteiger partial charge in [-0.05, 0) is 18.1 Å². The third kappa shape index (κ3) is 6.80. The highest BCUT2D eigenvalue weighted by Crippen LogP contribution is 2.31. The van der Waals surface area contributed by atoms with E-state index in [0.29, 0.717) is 30.3 Å². The Morgan fingerprint density at radius 3 is 2.64 bits per heavy atom. The zero-order chi connectivity index (χ0) is 24.0. The molecule has 8 nitrogen and oxygen atoms in total. The average Bonchev–Trinajstić information content (AvgIpc) is 3.19. The summed E-state index contributed by atoms with van der Waals surface area (Å²) in [6.07, 6.45) is 0.837. The van der Waals surface area contributed by atoms with Gasteiger partial charge in [0.1, 0.15) is 24.2 Å². The Hall–Kier alpha value is -2.89. The fourth-order valence-corrected chi connectivity index (χ4v) is 3.36. The van der Waals surface area contributed by atoms with Gasteiger partial charge in [0.25, 0.3) is 0 Å². The number of aromatic nitrogens is 3. The number of H-pyrrole nitrogens is 1. The van der Waals surface area contributed by atoms with Crippen molar-refractivity contribution in [1.29, 1.82) is 0 Å². The Morgan fingerprint density at radius 1 is 1.15 bits per heavy atom. The lowest BCUT2D eigenvalue weighted by Crippen LogP contribution is -2.49. The maximum Gasteiger partial charge on any atom is 0.401 e. The van der Waals surface area contributed by atoms with Gasteiger partial charge in [0, 0.05) is 42.2 Å². The smallest absolute Gasteiger partial charge is 0.401 e. The van der Waals surface area contributed by atoms with Gasteiger partial charge in [0.2, 0.25) is 0 Å². The summed E-state index contributed by atoms with van der Waals surface area (Å²) in [6, 6.07) is 3.01. The molecule has 0 saturated carbocycles. The Balaban J connectivity index is 1.81. The number of hydrogen-bond acceptors (Lipinski definition) is 7. The lowest BCUT2D eigenvalue weighted by atomic mass is 10.0. The van der Waals surface area contributed by atoms with Crippen molar-refractivity contribution in [3.8, 4) is 16.9 Å². The van der Waals surface area contributed by atoms with Crippen LogP contribution >= 0.6 is 0 Å². The molecule has 4 N–H and O–H groups in total. The first kappa shape index (κ1) is 24.7. The molecule has 0 fully saturated rings. The predicted molar refractivity (Wildman–Crippen MR) is 119 cm³/mol. The Labute approximate surface area is 189 Å². The van der Waals surface area contributed by atoms with E-state index in [9.17, 15) is 18.3 Å². The Bertz CT molecular complexity index is 1040. The summed E-state index contributed by atoms with van der Waals surface area (Å²) in [7, 11) is 1.60. The number of aliphatic hydroxyl groups excluding tert-OH is 1. The van der Waals surface area contributed by atoms with E-state index in [2.05, 4.69) is 25.6 Å². The minimum absolute atomic E-state index is 0.159. The van der Waals surface area contributed by atoms with E-state index in [1.165, 1.54) is 0 Å². The van der Waals surface area contributed by atoms with Crippen LogP contribution in [0.1, 0.15) is 13.8 Å². The van der Waals surface area contributed by atoms with Crippen LogP contribution in [0.15, 0.2) is 36.9 Å². The van der Waals surface area contributed by atoms with Crippen molar-refractivity contribution in [3.05, 3.63) is 36.9 Å². The molecule has 3 rings (SSSR count). The number of methoxy groups -OCH3 is 1. The minimum atomic E-state index is -4.42. The van der Waals surface area contributed by atoms with Crippen LogP contribution < -0.4 is 15.4 Å². The molecule has 0 aliphatic heterocycles. The van der Waals surface area contributed by atoms with Crippen LogP contribution in [0.3, 0.4) is 0 Å². The molecule has 3 aromatic heterocycles. The monoisotopic (exact) mass is 467 g/mol. The standard InChI is InChI=1S/C22H28F3N5O3/c1-13(2)19(21(31)29-12-22(23,24)25)30-15-6-14(8-26-9-15)18-11-28-20-17(18)7-16(10-27-20)33-5-4-32-3/h6-11,13,19,21,29-31H,4-5,12H2,1-3H3,(H,27,28). The molecular formula is C22H28F3N5O3. The van der Waals surface area contributed by atoms with Crippen molar-refractivity contribution < 1.29 is 27.8 Å². The quantitative estimate of drug-likeness (QED) is 0.253. The predicted octanol–water partition coefficient (Wildman–Crippen LogP) is 3.56. The van der Waals surface area contributed by atoms with Gasteiger partial charge in [-0.15, -0.1) is 0 Å². The number of alkyl halides is 3. The third-order valence-corrected chi connectivity index (χ3v) is 5.01. The molecule has 180 valence electrons. The largest absolute Gasteiger partial charge is 0.490 e. The van der Waals surface area contributed by atoms with Crippen LogP contribution in [0.2, 0.25) is 0 Å². The van der Waals surface area contributed by atoms with Crippen LogP contribution in [-0.2, 0) is 4.74 Å². The van der Waals surface area contributed by atoms with E-state index in [1.807, 2.05) is 26.0 Å². The Kier molecular flexibility index (Phi) is 8.11. The number of nitrogens with zero attached hydrogens (tertiary/aromatic N) is 2. The highest BCUT2D eigenvalue weighted by atomic mass is 19.4. The van der Waals surface area contributed by atoms with Crippen molar-refractivity contribution in [3.63, 3.8) is 0 Å². The van der Waals surface area contributed by atoms with Crippen molar-refractivity contribution in [1.82, 2.24) is 20.3 Å². The average molecular weight is 467 g/mol. The lowest BCUT2D eigenvalue weighted by Gasteiger charge is -2.29. The summed E-state index contributed by atoms with van der Waals surface area (Å²) in [5, 5.41) is 16.4. The van der Waals surface area contributed by atoms with Crippen LogP contribution in [0.4, 0.5) is 18.9 Å². The van der Waals surface area contributed by atoms with E-state index >= 15 is 0 Å². The molecule has 11 heteroatoms. The highest BCUT2D eigenvalue weighted by molar-refractivity contribution is 5.94. The number of nitrogens with one attached hydrogen (secondary N) is 3. The zero-order valence-corrected chi connectivity index (χ0v) is 18.6. The summed E-state index contributed by atoms with van der Waals surface area (Å²) in [5.74, 6) is 0.440. The van der Waals surface area contributed by atoms with Gasteiger partial charge in [-0.2, -0.15) is 13.2 Å². The fourth-order valence-electron chi connectivity index (χ4n) is 3.36. The normalized spacial score (nSPS) is 13.9. The first-order valence-corrected chi connectivity index (χ1v) is 10.5. The van der Waals surface area contributed by atoms with E-state index in [1.54, 1.807) is 31.9 Å². The van der Waals surface area contributed by atoms with Gasteiger partial charge in [-0.3, -0.25) is 10.3 Å². The maximum absolute atomic E-state index is 12.5. The second-order valence-electron chi connectivity index (χ2n) is 7.93. The zero-order valence-electron chi connectivity index (χ0n) is 18.6. The number of anilines is 1. The first-order valence-electron chi connectivity index (χ1n) is 10.5. The van der Waals surface area contributed by atoms with E-state index in [4.69, 9.17) is 9.47 Å². The number of pyridine rings is 2. The summed E-state index contributed by atoms with van der Waals surface area (Å²) in [5.41, 5.74) is 2.84. The molecule has 0 aliphatic carbocycles. The number of rotatable bonds is 11. The topological polar surface area (TPSA) is 104 Å². The molecule has 0 amide bonds. The molecular weight excluding hydrogens is 439 g/mol. The molecule has 0 aromatic carbocycles. The number of aromatic amines is 1. The van der Waals surface area contributed by atoms with Gasteiger partial charge in [-0.1, -0.05) is 13.8 Å². The molecule has 0 saturated heterocycles. The third-order valence-electron chi connectivity index (χ3n) is 5.01. The number of ether oxygens (including phenoxy) is 2. The molecule has 3 heterocycles. The van der Waals surface area contributed by atoms with E-state index in [-0.39, 0.29) is 5.92 Å². The van der Waals surface area contributed by atoms with Gasteiger partial charge in [-0.25, -0.2) is 4.98 Å². The van der Waals surface area contributed by atoms with Gasteiger partial charge >= 0.3 is 6.18 Å². The number of fused-ring (bicyclic) bond motifs is 1. The molecule has 2 unspecified atom stereocenters. The second kappa shape index (κ2) is 10.8. The number of aliphatic hydroxyl groups is 1. The maximum atomic E-state index is 12.5. The Morgan fingerprint density at radius 2 is 1.94 bits per heavy atom. The lowest BCUT2D eigenvalue weighted by molar-refractivity contribution is -0.132. The van der Waals surface area contributed by atoms with Crippen LogP contribution in [-0.4, -0.2) is 65.4 Å². The van der Waals surface area contributed by atoms with Gasteiger partial charge in [0.15, 0.2) is 0 Å². The summed E-state index contributed by atoms with van der Waals surface area (Å²) >= 11 is 0. The minimum Gasteiger partial charge on any atom is -0.490 e. The molecule has 2 atom stereocenters. The SMILES string of the molecule is COCCOc1cnc2[nH]cc(-c3cncc(NC(C(C)C)C(O)NCC(F)(F)F)c3)c2c1. The van der Waals surface area contributed by atoms with Crippen molar-refractivity contribution in [2.45, 2.75) is 32.3 Å². The fraction of sp³-hybridized carbons (Fsp3) is 0.455. The molecule has 3 aromatic rings. The van der Waals surface area contributed by atoms with Crippen LogP contribution in [0.25, 0.3) is 22.2 Å². The molecule has 0 radical (unpaired) electrons. The summed E-state index contributed by atoms with van der Waals surface area (Å²) in [6.45, 7) is 3.18. The van der Waals surface area contributed by atoms with E-state index < -0.39 is 25.0 Å². The van der Waals surface area contributed by atoms with Crippen molar-refractivity contribution in [2.75, 3.05) is 32.2 Å². The summed E-state index contributed by atoms with van der Waals surface area (Å²) < 4.78 is 48.2. The van der Waals surface area contributed by atoms with Crippen molar-refractivity contribution in [2.24, 2.45) is 5.92 Å².